The lowest BCUT2D eigenvalue weighted by atomic mass is 9.81. The van der Waals surface area contributed by atoms with Crippen LogP contribution in [0.1, 0.15) is 74.6 Å². The second-order valence-electron chi connectivity index (χ2n) is 10.5. The zero-order valence-electron chi connectivity index (χ0n) is 20.2. The molecule has 4 nitrogen and oxygen atoms in total. The minimum absolute atomic E-state index is 0.354. The molecule has 0 atom stereocenters. The van der Waals surface area contributed by atoms with E-state index >= 15 is 0 Å². The molecule has 0 radical (unpaired) electrons. The summed E-state index contributed by atoms with van der Waals surface area (Å²) in [6, 6.07) is 10.5. The van der Waals surface area contributed by atoms with Crippen molar-refractivity contribution in [1.29, 1.82) is 0 Å². The fourth-order valence-corrected chi connectivity index (χ4v) is 5.92. The van der Waals surface area contributed by atoms with Crippen molar-refractivity contribution >= 4 is 35.4 Å². The molecule has 0 saturated carbocycles. The van der Waals surface area contributed by atoms with Crippen molar-refractivity contribution in [3.05, 3.63) is 62.6 Å². The molecule has 2 aromatic rings. The number of carbonyl (C=O) groups is 1. The molecule has 2 aromatic carbocycles. The number of rotatable bonds is 8. The molecule has 2 aliphatic heterocycles. The van der Waals surface area contributed by atoms with E-state index in [0.717, 1.165) is 38.4 Å². The van der Waals surface area contributed by atoms with Crippen molar-refractivity contribution in [2.45, 2.75) is 64.5 Å². The molecule has 0 amide bonds. The van der Waals surface area contributed by atoms with Crippen LogP contribution in [0.5, 0.6) is 0 Å². The number of para-hydroxylation sites is 1. The average molecular weight is 489 g/mol. The molecule has 2 heterocycles. The average Bonchev–Trinajstić information content (AvgIpc) is 2.68. The molecule has 0 aromatic heterocycles. The van der Waals surface area contributed by atoms with Gasteiger partial charge in [0.05, 0.1) is 15.7 Å². The second-order valence-corrected chi connectivity index (χ2v) is 11.3. The Morgan fingerprint density at radius 3 is 2.09 bits per heavy atom. The van der Waals surface area contributed by atoms with Crippen molar-refractivity contribution < 1.29 is 9.53 Å². The number of ether oxygens (including phenoxy) is 1. The zero-order chi connectivity index (χ0) is 23.9. The van der Waals surface area contributed by atoms with Gasteiger partial charge in [0.15, 0.2) is 0 Å². The lowest BCUT2D eigenvalue weighted by molar-refractivity contribution is -0.161. The highest BCUT2D eigenvalue weighted by Gasteiger charge is 2.41. The maximum atomic E-state index is 10.8. The van der Waals surface area contributed by atoms with E-state index in [2.05, 4.69) is 49.6 Å². The number of likely N-dealkylation sites (tertiary alicyclic amines) is 1. The van der Waals surface area contributed by atoms with Gasteiger partial charge < -0.3 is 9.64 Å². The van der Waals surface area contributed by atoms with Crippen LogP contribution >= 0.6 is 23.2 Å². The first-order valence-corrected chi connectivity index (χ1v) is 12.6. The van der Waals surface area contributed by atoms with Crippen molar-refractivity contribution in [3.8, 4) is 0 Å². The van der Waals surface area contributed by atoms with Gasteiger partial charge in [-0.2, -0.15) is 0 Å². The highest BCUT2D eigenvalue weighted by Crippen LogP contribution is 2.42. The van der Waals surface area contributed by atoms with E-state index in [4.69, 9.17) is 27.9 Å². The maximum absolute atomic E-state index is 10.8. The fourth-order valence-electron chi connectivity index (χ4n) is 5.28. The van der Waals surface area contributed by atoms with Crippen molar-refractivity contribution in [2.24, 2.45) is 0 Å². The fraction of sp³-hybridized carbons (Fsp3) is 0.519. The number of anilines is 1. The Bertz CT molecular complexity index is 976. The summed E-state index contributed by atoms with van der Waals surface area (Å²) in [4.78, 5) is 15.4. The largest absolute Gasteiger partial charge is 0.459 e. The highest BCUT2D eigenvalue weighted by molar-refractivity contribution is 6.39. The van der Waals surface area contributed by atoms with Crippen LogP contribution in [0.3, 0.4) is 0 Å². The first-order valence-electron chi connectivity index (χ1n) is 11.8. The molecule has 0 unspecified atom stereocenters. The molecule has 2 saturated heterocycles. The van der Waals surface area contributed by atoms with Crippen LogP contribution in [0.4, 0.5) is 5.69 Å². The van der Waals surface area contributed by atoms with E-state index in [1.54, 1.807) is 0 Å². The van der Waals surface area contributed by atoms with Crippen LogP contribution in [0.2, 0.25) is 10.0 Å². The summed E-state index contributed by atoms with van der Waals surface area (Å²) < 4.78 is 5.28. The summed E-state index contributed by atoms with van der Waals surface area (Å²) in [7, 11) is 0. The minimum atomic E-state index is -0.354. The summed E-state index contributed by atoms with van der Waals surface area (Å²) in [6.45, 7) is 16.0. The highest BCUT2D eigenvalue weighted by atomic mass is 35.5. The Balaban J connectivity index is 1.57. The molecule has 178 valence electrons. The van der Waals surface area contributed by atoms with Crippen molar-refractivity contribution in [2.75, 3.05) is 31.1 Å². The Morgan fingerprint density at radius 1 is 1.06 bits per heavy atom. The summed E-state index contributed by atoms with van der Waals surface area (Å²) in [5.74, 6) is 1.34. The summed E-state index contributed by atoms with van der Waals surface area (Å²) in [5.41, 5.74) is 6.28. The van der Waals surface area contributed by atoms with Gasteiger partial charge in [0.2, 0.25) is 0 Å². The lowest BCUT2D eigenvalue weighted by Crippen LogP contribution is -2.60. The Hall–Kier alpha value is -1.75. The number of nitrogens with zero attached hydrogens (tertiary/aromatic N) is 2. The molecule has 6 heteroatoms. The van der Waals surface area contributed by atoms with Crippen LogP contribution in [-0.4, -0.2) is 43.2 Å². The van der Waals surface area contributed by atoms with Gasteiger partial charge in [-0.3, -0.25) is 9.69 Å². The molecule has 0 aliphatic carbocycles. The third-order valence-electron chi connectivity index (χ3n) is 7.02. The standard InChI is InChI=1S/C27H34Cl2N2O2/c1-17(2)21-9-19(20-11-31(12-20)26-24(28)7-6-8-25(26)29)10-22(18(3)4)23(21)13-30-14-27(5,15-30)33-16-32/h6-10,16-18,20H,11-15H2,1-5H3. The normalized spacial score (nSPS) is 18.4. The van der Waals surface area contributed by atoms with Crippen LogP contribution in [0.15, 0.2) is 30.3 Å². The quantitative estimate of drug-likeness (QED) is 0.392. The zero-order valence-corrected chi connectivity index (χ0v) is 21.7. The van der Waals surface area contributed by atoms with Gasteiger partial charge in [-0.25, -0.2) is 0 Å². The number of hydrogen-bond donors (Lipinski definition) is 0. The Morgan fingerprint density at radius 2 is 1.61 bits per heavy atom. The summed E-state index contributed by atoms with van der Waals surface area (Å²) in [6.07, 6.45) is 0. The van der Waals surface area contributed by atoms with Crippen LogP contribution in [-0.2, 0) is 16.1 Å². The monoisotopic (exact) mass is 488 g/mol. The number of hydrogen-bond acceptors (Lipinski definition) is 4. The van der Waals surface area contributed by atoms with Gasteiger partial charge >= 0.3 is 0 Å². The molecule has 0 N–H and O–H groups in total. The van der Waals surface area contributed by atoms with Crippen molar-refractivity contribution in [1.82, 2.24) is 4.90 Å². The van der Waals surface area contributed by atoms with Gasteiger partial charge in [0.25, 0.3) is 6.47 Å². The Kier molecular flexibility index (Phi) is 7.00. The molecule has 33 heavy (non-hydrogen) atoms. The minimum Gasteiger partial charge on any atom is -0.459 e. The molecule has 0 spiro atoms. The molecule has 0 bridgehead atoms. The van der Waals surface area contributed by atoms with Crippen molar-refractivity contribution in [3.63, 3.8) is 0 Å². The maximum Gasteiger partial charge on any atom is 0.293 e. The van der Waals surface area contributed by atoms with Gasteiger partial charge in [-0.05, 0) is 53.1 Å². The molecule has 2 fully saturated rings. The molecular formula is C27H34Cl2N2O2. The third kappa shape index (κ3) is 4.89. The van der Waals surface area contributed by atoms with Gasteiger partial charge in [0, 0.05) is 38.6 Å². The summed E-state index contributed by atoms with van der Waals surface area (Å²) in [5, 5.41) is 1.42. The molecular weight excluding hydrogens is 455 g/mol. The van der Waals surface area contributed by atoms with Crippen LogP contribution in [0.25, 0.3) is 0 Å². The van der Waals surface area contributed by atoms with E-state index in [0.29, 0.717) is 34.3 Å². The van der Waals surface area contributed by atoms with E-state index in [9.17, 15) is 4.79 Å². The smallest absolute Gasteiger partial charge is 0.293 e. The van der Waals surface area contributed by atoms with E-state index in [-0.39, 0.29) is 5.60 Å². The molecule has 2 aliphatic rings. The predicted octanol–water partition coefficient (Wildman–Crippen LogP) is 6.59. The first kappa shape index (κ1) is 24.4. The van der Waals surface area contributed by atoms with Gasteiger partial charge in [-0.1, -0.05) is 69.1 Å². The van der Waals surface area contributed by atoms with Crippen LogP contribution in [0, 0.1) is 0 Å². The Labute approximate surface area is 207 Å². The SMILES string of the molecule is CC(C)c1cc(C2CN(c3c(Cl)cccc3Cl)C2)cc(C(C)C)c1CN1CC(C)(OC=O)C1. The van der Waals surface area contributed by atoms with Gasteiger partial charge in [-0.15, -0.1) is 0 Å². The predicted molar refractivity (Wildman–Crippen MR) is 137 cm³/mol. The van der Waals surface area contributed by atoms with E-state index in [1.165, 1.54) is 22.3 Å². The van der Waals surface area contributed by atoms with E-state index < -0.39 is 0 Å². The lowest BCUT2D eigenvalue weighted by Gasteiger charge is -2.47. The second kappa shape index (κ2) is 9.48. The number of benzene rings is 2. The third-order valence-corrected chi connectivity index (χ3v) is 7.63. The van der Waals surface area contributed by atoms with Gasteiger partial charge in [0.1, 0.15) is 5.60 Å². The van der Waals surface area contributed by atoms with Crippen LogP contribution < -0.4 is 4.90 Å². The molecule has 4 rings (SSSR count). The number of carbonyl (C=O) groups excluding carboxylic acids is 1. The number of halogens is 2. The first-order chi connectivity index (χ1) is 15.6. The van der Waals surface area contributed by atoms with E-state index in [1.807, 2.05) is 25.1 Å². The topological polar surface area (TPSA) is 32.8 Å². The summed E-state index contributed by atoms with van der Waals surface area (Å²) >= 11 is 12.9.